The Balaban J connectivity index is 1.44. The van der Waals surface area contributed by atoms with Crippen LogP contribution in [-0.2, 0) is 9.53 Å². The van der Waals surface area contributed by atoms with Gasteiger partial charge in [0.25, 0.3) is 0 Å². The number of rotatable bonds is 4. The van der Waals surface area contributed by atoms with Crippen molar-refractivity contribution >= 4 is 5.97 Å². The maximum Gasteiger partial charge on any atom is 0.308 e. The molecule has 2 aliphatic heterocycles. The fourth-order valence-corrected chi connectivity index (χ4v) is 5.21. The smallest absolute Gasteiger partial charge is 0.308 e. The Labute approximate surface area is 155 Å². The highest BCUT2D eigenvalue weighted by Gasteiger charge is 2.45. The quantitative estimate of drug-likeness (QED) is 0.894. The molecule has 0 aromatic heterocycles. The first-order valence-electron chi connectivity index (χ1n) is 9.85. The molecule has 142 valence electrons. The third-order valence-electron chi connectivity index (χ3n) is 6.78. The Bertz CT molecular complexity index is 628. The monoisotopic (exact) mass is 359 g/mol. The number of likely N-dealkylation sites (tertiary alicyclic amines) is 1. The zero-order valence-corrected chi connectivity index (χ0v) is 15.5. The van der Waals surface area contributed by atoms with E-state index in [-0.39, 0.29) is 17.4 Å². The summed E-state index contributed by atoms with van der Waals surface area (Å²) in [6.07, 6.45) is 6.89. The Kier molecular flexibility index (Phi) is 4.93. The Hall–Kier alpha value is -1.59. The first-order valence-corrected chi connectivity index (χ1v) is 9.85. The van der Waals surface area contributed by atoms with Crippen molar-refractivity contribution in [2.75, 3.05) is 26.8 Å². The molecule has 1 N–H and O–H groups in total. The maximum absolute atomic E-state index is 11.9. The number of carbonyl (C=O) groups is 1. The molecule has 1 spiro atoms. The number of benzene rings is 1. The van der Waals surface area contributed by atoms with Gasteiger partial charge in [0, 0.05) is 31.7 Å². The average Bonchev–Trinajstić information content (AvgIpc) is 3.30. The van der Waals surface area contributed by atoms with E-state index in [9.17, 15) is 9.90 Å². The summed E-state index contributed by atoms with van der Waals surface area (Å²) in [7, 11) is 1.65. The predicted octanol–water partition coefficient (Wildman–Crippen LogP) is 3.29. The topological polar surface area (TPSA) is 59.0 Å². The molecule has 4 rings (SSSR count). The molecule has 1 aliphatic carbocycles. The van der Waals surface area contributed by atoms with Crippen molar-refractivity contribution in [2.24, 2.45) is 5.92 Å². The molecule has 1 aromatic carbocycles. The lowest BCUT2D eigenvalue weighted by molar-refractivity contribution is -0.141. The van der Waals surface area contributed by atoms with Crippen LogP contribution in [0.4, 0.5) is 0 Å². The van der Waals surface area contributed by atoms with Crippen LogP contribution in [0.3, 0.4) is 0 Å². The third-order valence-corrected chi connectivity index (χ3v) is 6.78. The fourth-order valence-electron chi connectivity index (χ4n) is 5.21. The van der Waals surface area contributed by atoms with Crippen LogP contribution in [0.1, 0.15) is 50.0 Å². The maximum atomic E-state index is 11.9. The second kappa shape index (κ2) is 7.20. The number of methoxy groups -OCH3 is 1. The predicted molar refractivity (Wildman–Crippen MR) is 98.6 cm³/mol. The fraction of sp³-hybridized carbons (Fsp3) is 0.667. The standard InChI is InChI=1S/C21H29NO4/c1-25-17-5-3-15(4-6-17)18-13-22(14-19(18)20(23)24)16-7-10-21(11-8-16)9-2-12-26-21/h3-6,16,18-19H,2,7-14H2,1H3,(H,23,24)/t16?,18-,19+,21?/m0/s1. The largest absolute Gasteiger partial charge is 0.497 e. The second-order valence-corrected chi connectivity index (χ2v) is 8.14. The van der Waals surface area contributed by atoms with Gasteiger partial charge in [0.1, 0.15) is 5.75 Å². The van der Waals surface area contributed by atoms with E-state index in [4.69, 9.17) is 9.47 Å². The summed E-state index contributed by atoms with van der Waals surface area (Å²) in [5, 5.41) is 9.76. The highest BCUT2D eigenvalue weighted by Crippen LogP contribution is 2.43. The highest BCUT2D eigenvalue weighted by atomic mass is 16.5. The first kappa shape index (κ1) is 17.8. The molecule has 2 heterocycles. The van der Waals surface area contributed by atoms with Gasteiger partial charge in [-0.1, -0.05) is 12.1 Å². The first-order chi connectivity index (χ1) is 12.6. The van der Waals surface area contributed by atoms with Gasteiger partial charge in [0.15, 0.2) is 0 Å². The van der Waals surface area contributed by atoms with Crippen LogP contribution in [0.25, 0.3) is 0 Å². The van der Waals surface area contributed by atoms with Gasteiger partial charge in [-0.25, -0.2) is 0 Å². The van der Waals surface area contributed by atoms with Crippen molar-refractivity contribution < 1.29 is 19.4 Å². The number of ether oxygens (including phenoxy) is 2. The van der Waals surface area contributed by atoms with Crippen molar-refractivity contribution in [2.45, 2.75) is 56.1 Å². The van der Waals surface area contributed by atoms with Crippen molar-refractivity contribution in [3.05, 3.63) is 29.8 Å². The molecule has 3 fully saturated rings. The van der Waals surface area contributed by atoms with Gasteiger partial charge in [-0.05, 0) is 56.2 Å². The van der Waals surface area contributed by atoms with E-state index in [0.29, 0.717) is 12.6 Å². The Morgan fingerprint density at radius 2 is 1.92 bits per heavy atom. The number of carboxylic acids is 1. The van der Waals surface area contributed by atoms with Crippen LogP contribution >= 0.6 is 0 Å². The molecular weight excluding hydrogens is 330 g/mol. The van der Waals surface area contributed by atoms with Gasteiger partial charge in [-0.15, -0.1) is 0 Å². The van der Waals surface area contributed by atoms with Gasteiger partial charge in [0.2, 0.25) is 0 Å². The summed E-state index contributed by atoms with van der Waals surface area (Å²) < 4.78 is 11.3. The lowest BCUT2D eigenvalue weighted by atomic mass is 9.80. The van der Waals surface area contributed by atoms with Crippen LogP contribution in [-0.4, -0.2) is 54.4 Å². The summed E-state index contributed by atoms with van der Waals surface area (Å²) in [6.45, 7) is 2.40. The molecule has 0 radical (unpaired) electrons. The summed E-state index contributed by atoms with van der Waals surface area (Å²) in [4.78, 5) is 14.3. The molecule has 1 saturated carbocycles. The molecule has 2 saturated heterocycles. The molecule has 26 heavy (non-hydrogen) atoms. The van der Waals surface area contributed by atoms with E-state index < -0.39 is 5.97 Å². The molecule has 5 nitrogen and oxygen atoms in total. The minimum Gasteiger partial charge on any atom is -0.497 e. The van der Waals surface area contributed by atoms with E-state index >= 15 is 0 Å². The van der Waals surface area contributed by atoms with Crippen molar-refractivity contribution in [1.29, 1.82) is 0 Å². The van der Waals surface area contributed by atoms with Gasteiger partial charge in [-0.3, -0.25) is 9.69 Å². The van der Waals surface area contributed by atoms with Crippen molar-refractivity contribution in [1.82, 2.24) is 4.90 Å². The van der Waals surface area contributed by atoms with Crippen LogP contribution in [0, 0.1) is 5.92 Å². The number of aliphatic carboxylic acids is 1. The van der Waals surface area contributed by atoms with Crippen molar-refractivity contribution in [3.8, 4) is 5.75 Å². The van der Waals surface area contributed by atoms with Gasteiger partial charge in [0.05, 0.1) is 18.6 Å². The SMILES string of the molecule is COc1ccc([C@@H]2CN(C3CCC4(CCCO4)CC3)C[C@H]2C(=O)O)cc1. The Morgan fingerprint density at radius 1 is 1.19 bits per heavy atom. The third kappa shape index (κ3) is 3.35. The summed E-state index contributed by atoms with van der Waals surface area (Å²) in [6, 6.07) is 8.39. The van der Waals surface area contributed by atoms with Gasteiger partial charge < -0.3 is 14.6 Å². The van der Waals surface area contributed by atoms with Crippen LogP contribution in [0.2, 0.25) is 0 Å². The summed E-state index contributed by atoms with van der Waals surface area (Å²) in [5.74, 6) is -0.150. The second-order valence-electron chi connectivity index (χ2n) is 8.14. The van der Waals surface area contributed by atoms with Gasteiger partial charge in [-0.2, -0.15) is 0 Å². The normalized spacial score (nSPS) is 35.0. The van der Waals surface area contributed by atoms with E-state index in [0.717, 1.165) is 50.1 Å². The zero-order chi connectivity index (χ0) is 18.1. The van der Waals surface area contributed by atoms with Gasteiger partial charge >= 0.3 is 5.97 Å². The lowest BCUT2D eigenvalue weighted by Gasteiger charge is -2.40. The molecule has 0 bridgehead atoms. The van der Waals surface area contributed by atoms with E-state index in [1.165, 1.54) is 12.8 Å². The zero-order valence-electron chi connectivity index (χ0n) is 15.5. The minimum absolute atomic E-state index is 0.0528. The molecule has 0 unspecified atom stereocenters. The van der Waals surface area contributed by atoms with E-state index in [1.54, 1.807) is 7.11 Å². The van der Waals surface area contributed by atoms with Crippen LogP contribution < -0.4 is 4.74 Å². The summed E-state index contributed by atoms with van der Waals surface area (Å²) >= 11 is 0. The van der Waals surface area contributed by atoms with Crippen LogP contribution in [0.5, 0.6) is 5.75 Å². The highest BCUT2D eigenvalue weighted by molar-refractivity contribution is 5.72. The van der Waals surface area contributed by atoms with Crippen LogP contribution in [0.15, 0.2) is 24.3 Å². The average molecular weight is 359 g/mol. The minimum atomic E-state index is -0.681. The Morgan fingerprint density at radius 3 is 2.50 bits per heavy atom. The molecule has 3 aliphatic rings. The molecule has 5 heteroatoms. The lowest BCUT2D eigenvalue weighted by Crippen LogP contribution is -2.42. The van der Waals surface area contributed by atoms with Crippen molar-refractivity contribution in [3.63, 3.8) is 0 Å². The molecule has 1 aromatic rings. The molecular formula is C21H29NO4. The number of hydrogen-bond donors (Lipinski definition) is 1. The van der Waals surface area contributed by atoms with E-state index in [2.05, 4.69) is 4.90 Å². The molecule has 2 atom stereocenters. The number of carboxylic acid groups (broad SMARTS) is 1. The van der Waals surface area contributed by atoms with E-state index in [1.807, 2.05) is 24.3 Å². The summed E-state index contributed by atoms with van der Waals surface area (Å²) in [5.41, 5.74) is 1.24. The number of nitrogens with zero attached hydrogens (tertiary/aromatic N) is 1. The molecule has 0 amide bonds. The number of hydrogen-bond acceptors (Lipinski definition) is 4.